The van der Waals surface area contributed by atoms with E-state index in [-0.39, 0.29) is 5.69 Å². The van der Waals surface area contributed by atoms with Crippen LogP contribution in [0.2, 0.25) is 0 Å². The maximum atomic E-state index is 10.3. The molecule has 66 valence electrons. The Morgan fingerprint density at radius 3 is 2.38 bits per heavy atom. The van der Waals surface area contributed by atoms with E-state index < -0.39 is 4.92 Å². The number of nitrogens with zero attached hydrogens (tertiary/aromatic N) is 3. The van der Waals surface area contributed by atoms with Gasteiger partial charge in [-0.2, -0.15) is 5.26 Å². The molecule has 1 rings (SSSR count). The smallest absolute Gasteiger partial charge is 0.269 e. The molecule has 0 spiro atoms. The van der Waals surface area contributed by atoms with Crippen LogP contribution in [-0.4, -0.2) is 12.0 Å². The number of benzene rings is 1. The van der Waals surface area contributed by atoms with Gasteiger partial charge >= 0.3 is 0 Å². The molecule has 0 saturated heterocycles. The second-order valence-electron chi connectivity index (χ2n) is 2.43. The van der Waals surface area contributed by atoms with Gasteiger partial charge in [0, 0.05) is 19.2 Å². The number of rotatable bonds is 2. The molecule has 0 amide bonds. The van der Waals surface area contributed by atoms with E-state index in [9.17, 15) is 10.1 Å². The first-order valence-corrected chi connectivity index (χ1v) is 3.53. The standard InChI is InChI=1S/C8H7N3O2/c1-10(6-9)7-2-4-8(5-3-7)11(12)13/h2-5H,1H3. The lowest BCUT2D eigenvalue weighted by Crippen LogP contribution is -2.07. The first-order chi connectivity index (χ1) is 6.15. The molecular formula is C8H7N3O2. The van der Waals surface area contributed by atoms with Crippen molar-refractivity contribution in [3.05, 3.63) is 34.4 Å². The van der Waals surface area contributed by atoms with Crippen LogP contribution in [0.15, 0.2) is 24.3 Å². The summed E-state index contributed by atoms with van der Waals surface area (Å²) in [5, 5.41) is 18.8. The molecule has 5 nitrogen and oxygen atoms in total. The second-order valence-corrected chi connectivity index (χ2v) is 2.43. The molecule has 0 N–H and O–H groups in total. The number of hydrogen-bond donors (Lipinski definition) is 0. The Kier molecular flexibility index (Phi) is 2.45. The zero-order valence-electron chi connectivity index (χ0n) is 6.97. The van der Waals surface area contributed by atoms with Crippen LogP contribution < -0.4 is 4.90 Å². The monoisotopic (exact) mass is 177 g/mol. The second kappa shape index (κ2) is 3.54. The molecule has 0 aromatic heterocycles. The highest BCUT2D eigenvalue weighted by Crippen LogP contribution is 2.17. The van der Waals surface area contributed by atoms with Gasteiger partial charge < -0.3 is 0 Å². The summed E-state index contributed by atoms with van der Waals surface area (Å²) in [6.45, 7) is 0. The Labute approximate surface area is 75.0 Å². The maximum absolute atomic E-state index is 10.3. The van der Waals surface area contributed by atoms with E-state index in [0.717, 1.165) is 0 Å². The average Bonchev–Trinajstić information content (AvgIpc) is 2.17. The van der Waals surface area contributed by atoms with Crippen molar-refractivity contribution < 1.29 is 4.92 Å². The average molecular weight is 177 g/mol. The Hall–Kier alpha value is -2.09. The fourth-order valence-electron chi connectivity index (χ4n) is 0.856. The molecule has 1 aromatic rings. The van der Waals surface area contributed by atoms with Crippen LogP contribution in [-0.2, 0) is 0 Å². The van der Waals surface area contributed by atoms with Crippen LogP contribution in [0.4, 0.5) is 11.4 Å². The van der Waals surface area contributed by atoms with Crippen molar-refractivity contribution in [1.82, 2.24) is 0 Å². The predicted molar refractivity (Wildman–Crippen MR) is 47.1 cm³/mol. The fraction of sp³-hybridized carbons (Fsp3) is 0.125. The predicted octanol–water partition coefficient (Wildman–Crippen LogP) is 1.51. The van der Waals surface area contributed by atoms with Gasteiger partial charge in [-0.15, -0.1) is 0 Å². The van der Waals surface area contributed by atoms with Crippen LogP contribution in [0.1, 0.15) is 0 Å². The summed E-state index contributed by atoms with van der Waals surface area (Å²) in [5.74, 6) is 0. The van der Waals surface area contributed by atoms with Crippen molar-refractivity contribution in [2.75, 3.05) is 11.9 Å². The molecule has 0 aliphatic carbocycles. The minimum atomic E-state index is -0.476. The van der Waals surface area contributed by atoms with E-state index in [1.165, 1.54) is 29.2 Å². The number of hydrogen-bond acceptors (Lipinski definition) is 4. The van der Waals surface area contributed by atoms with Crippen molar-refractivity contribution in [3.63, 3.8) is 0 Å². The zero-order valence-corrected chi connectivity index (χ0v) is 6.97. The van der Waals surface area contributed by atoms with Gasteiger partial charge in [0.1, 0.15) is 0 Å². The summed E-state index contributed by atoms with van der Waals surface area (Å²) in [7, 11) is 1.58. The third-order valence-electron chi connectivity index (χ3n) is 1.60. The van der Waals surface area contributed by atoms with Crippen molar-refractivity contribution in [2.45, 2.75) is 0 Å². The zero-order chi connectivity index (χ0) is 9.84. The lowest BCUT2D eigenvalue weighted by atomic mass is 10.3. The molecule has 1 aromatic carbocycles. The van der Waals surface area contributed by atoms with Gasteiger partial charge in [-0.25, -0.2) is 0 Å². The third kappa shape index (κ3) is 1.93. The van der Waals surface area contributed by atoms with Crippen LogP contribution >= 0.6 is 0 Å². The number of non-ortho nitro benzene ring substituents is 1. The summed E-state index contributed by atoms with van der Waals surface area (Å²) >= 11 is 0. The number of anilines is 1. The maximum Gasteiger partial charge on any atom is 0.269 e. The van der Waals surface area contributed by atoms with Crippen molar-refractivity contribution in [3.8, 4) is 6.19 Å². The summed E-state index contributed by atoms with van der Waals surface area (Å²) < 4.78 is 0. The fourth-order valence-corrected chi connectivity index (χ4v) is 0.856. The van der Waals surface area contributed by atoms with Crippen molar-refractivity contribution in [1.29, 1.82) is 5.26 Å². The first-order valence-electron chi connectivity index (χ1n) is 3.53. The Morgan fingerprint density at radius 1 is 1.46 bits per heavy atom. The molecule has 0 bridgehead atoms. The molecule has 0 fully saturated rings. The topological polar surface area (TPSA) is 70.2 Å². The lowest BCUT2D eigenvalue weighted by Gasteiger charge is -2.06. The molecular weight excluding hydrogens is 170 g/mol. The van der Waals surface area contributed by atoms with E-state index in [2.05, 4.69) is 0 Å². The first kappa shape index (κ1) is 9.00. The van der Waals surface area contributed by atoms with E-state index >= 15 is 0 Å². The van der Waals surface area contributed by atoms with Crippen LogP contribution in [0, 0.1) is 21.6 Å². The van der Waals surface area contributed by atoms with Crippen molar-refractivity contribution >= 4 is 11.4 Å². The quantitative estimate of drug-likeness (QED) is 0.297. The largest absolute Gasteiger partial charge is 0.283 e. The van der Waals surface area contributed by atoms with Gasteiger partial charge in [0.2, 0.25) is 0 Å². The highest BCUT2D eigenvalue weighted by Gasteiger charge is 2.05. The van der Waals surface area contributed by atoms with Crippen molar-refractivity contribution in [2.24, 2.45) is 0 Å². The normalized spacial score (nSPS) is 8.92. The number of nitro groups is 1. The van der Waals surface area contributed by atoms with Gasteiger partial charge in [0.25, 0.3) is 5.69 Å². The Morgan fingerprint density at radius 2 is 2.00 bits per heavy atom. The minimum absolute atomic E-state index is 0.0232. The van der Waals surface area contributed by atoms with Gasteiger partial charge in [-0.05, 0) is 12.1 Å². The molecule has 0 aliphatic rings. The lowest BCUT2D eigenvalue weighted by molar-refractivity contribution is -0.384. The highest BCUT2D eigenvalue weighted by molar-refractivity contribution is 5.52. The highest BCUT2D eigenvalue weighted by atomic mass is 16.6. The van der Waals surface area contributed by atoms with Crippen LogP contribution in [0.5, 0.6) is 0 Å². The van der Waals surface area contributed by atoms with Gasteiger partial charge in [0.15, 0.2) is 6.19 Å². The van der Waals surface area contributed by atoms with E-state index in [1.54, 1.807) is 7.05 Å². The molecule has 0 aliphatic heterocycles. The molecule has 0 heterocycles. The molecule has 0 saturated carbocycles. The third-order valence-corrected chi connectivity index (χ3v) is 1.60. The van der Waals surface area contributed by atoms with E-state index in [1.807, 2.05) is 6.19 Å². The molecule has 0 atom stereocenters. The van der Waals surface area contributed by atoms with E-state index in [0.29, 0.717) is 5.69 Å². The molecule has 5 heteroatoms. The Balaban J connectivity index is 2.95. The van der Waals surface area contributed by atoms with Gasteiger partial charge in [-0.3, -0.25) is 15.0 Å². The Bertz CT molecular complexity index is 353. The number of nitriles is 1. The van der Waals surface area contributed by atoms with Crippen LogP contribution in [0.3, 0.4) is 0 Å². The summed E-state index contributed by atoms with van der Waals surface area (Å²) in [6.07, 6.45) is 1.89. The molecule has 13 heavy (non-hydrogen) atoms. The molecule has 0 radical (unpaired) electrons. The minimum Gasteiger partial charge on any atom is -0.283 e. The van der Waals surface area contributed by atoms with Crippen LogP contribution in [0.25, 0.3) is 0 Å². The van der Waals surface area contributed by atoms with Gasteiger partial charge in [-0.1, -0.05) is 0 Å². The summed E-state index contributed by atoms with van der Waals surface area (Å²) in [4.78, 5) is 11.1. The number of nitro benzene ring substituents is 1. The van der Waals surface area contributed by atoms with Gasteiger partial charge in [0.05, 0.1) is 10.6 Å². The van der Waals surface area contributed by atoms with E-state index in [4.69, 9.17) is 5.26 Å². The SMILES string of the molecule is CN(C#N)c1ccc([N+](=O)[O-])cc1. The molecule has 0 unspecified atom stereocenters. The summed E-state index contributed by atoms with van der Waals surface area (Å²) in [6, 6.07) is 5.79. The summed E-state index contributed by atoms with van der Waals surface area (Å²) in [5.41, 5.74) is 0.656.